The minimum Gasteiger partial charge on any atom is -0.473 e. The number of aromatic nitrogens is 2. The number of rotatable bonds is 10. The lowest BCUT2D eigenvalue weighted by molar-refractivity contribution is -0.116. The van der Waals surface area contributed by atoms with Gasteiger partial charge in [-0.15, -0.1) is 0 Å². The second-order valence-electron chi connectivity index (χ2n) is 9.67. The van der Waals surface area contributed by atoms with E-state index in [2.05, 4.69) is 40.5 Å². The molecule has 0 saturated heterocycles. The van der Waals surface area contributed by atoms with Crippen molar-refractivity contribution in [3.05, 3.63) is 55.4 Å². The van der Waals surface area contributed by atoms with Gasteiger partial charge in [-0.25, -0.2) is 4.68 Å². The molecule has 0 radical (unpaired) electrons. The fourth-order valence-corrected chi connectivity index (χ4v) is 4.10. The van der Waals surface area contributed by atoms with Crippen LogP contribution in [-0.4, -0.2) is 47.5 Å². The molecule has 0 spiro atoms. The Labute approximate surface area is 212 Å². The highest BCUT2D eigenvalue weighted by Crippen LogP contribution is 2.29. The first-order valence-electron chi connectivity index (χ1n) is 12.0. The minimum absolute atomic E-state index is 0.0207. The molecule has 0 bridgehead atoms. The van der Waals surface area contributed by atoms with Gasteiger partial charge in [-0.05, 0) is 42.3 Å². The summed E-state index contributed by atoms with van der Waals surface area (Å²) in [6, 6.07) is 10.6. The fraction of sp³-hybridized carbons (Fsp3) is 0.360. The minimum atomic E-state index is -1.41. The van der Waals surface area contributed by atoms with E-state index in [1.165, 1.54) is 18.6 Å². The molecular weight excluding hydrogens is 477 g/mol. The van der Waals surface area contributed by atoms with E-state index in [1.807, 2.05) is 29.8 Å². The number of nitrogens with one attached hydrogen (secondary N) is 1. The number of carbonyl (C=O) groups is 1. The van der Waals surface area contributed by atoms with Gasteiger partial charge < -0.3 is 28.9 Å². The first-order valence-corrected chi connectivity index (χ1v) is 15.7. The van der Waals surface area contributed by atoms with Crippen molar-refractivity contribution in [3.8, 4) is 11.1 Å². The van der Waals surface area contributed by atoms with Crippen LogP contribution in [0.3, 0.4) is 0 Å². The smallest absolute Gasteiger partial charge is 0.473 e. The quantitative estimate of drug-likeness (QED) is 0.214. The standard InChI is InChI=1S/C21H29N3O3Si.C4H5BO3/c1-5-6-20(25)22-21-18-8-7-16(17-9-10-26-14-17)13-19(18)24(23-21)15-27-11-12-28(2,3)4;6-5(7)4-1-2-8-3-4/h7-10,13-14H,5-6,11-12,15H2,1-4H3,(H,22,23,25);1-3,6-7H. The van der Waals surface area contributed by atoms with Gasteiger partial charge in [-0.3, -0.25) is 4.79 Å². The second-order valence-corrected chi connectivity index (χ2v) is 15.3. The number of benzene rings is 1. The van der Waals surface area contributed by atoms with Crippen LogP contribution in [0.4, 0.5) is 5.82 Å². The summed E-state index contributed by atoms with van der Waals surface area (Å²) in [7, 11) is -2.55. The first kappa shape index (κ1) is 27.5. The molecule has 36 heavy (non-hydrogen) atoms. The molecule has 4 rings (SSSR count). The number of anilines is 1. The molecule has 11 heteroatoms. The maximum atomic E-state index is 12.1. The topological polar surface area (TPSA) is 123 Å². The highest BCUT2D eigenvalue weighted by molar-refractivity contribution is 6.76. The molecule has 192 valence electrons. The summed E-state index contributed by atoms with van der Waals surface area (Å²) in [4.78, 5) is 12.1. The lowest BCUT2D eigenvalue weighted by atomic mass is 9.83. The third-order valence-corrected chi connectivity index (χ3v) is 7.10. The number of carbonyl (C=O) groups excluding carboxylic acids is 1. The Morgan fingerprint density at radius 1 is 1.11 bits per heavy atom. The number of hydrogen-bond donors (Lipinski definition) is 3. The monoisotopic (exact) mass is 511 g/mol. The highest BCUT2D eigenvalue weighted by atomic mass is 28.3. The molecule has 3 heterocycles. The van der Waals surface area contributed by atoms with Crippen LogP contribution in [0.15, 0.2) is 64.2 Å². The van der Waals surface area contributed by atoms with Crippen LogP contribution < -0.4 is 10.8 Å². The Morgan fingerprint density at radius 3 is 2.44 bits per heavy atom. The van der Waals surface area contributed by atoms with E-state index in [9.17, 15) is 4.79 Å². The summed E-state index contributed by atoms with van der Waals surface area (Å²) >= 11 is 0. The van der Waals surface area contributed by atoms with Gasteiger partial charge in [0.25, 0.3) is 0 Å². The highest BCUT2D eigenvalue weighted by Gasteiger charge is 2.16. The molecule has 0 fully saturated rings. The van der Waals surface area contributed by atoms with E-state index in [-0.39, 0.29) is 5.91 Å². The number of nitrogens with zero attached hydrogens (tertiary/aromatic N) is 2. The normalized spacial score (nSPS) is 11.3. The summed E-state index contributed by atoms with van der Waals surface area (Å²) in [5.41, 5.74) is 3.35. The number of ether oxygens (including phenoxy) is 1. The second kappa shape index (κ2) is 12.7. The van der Waals surface area contributed by atoms with Crippen molar-refractivity contribution in [2.75, 3.05) is 11.9 Å². The largest absolute Gasteiger partial charge is 0.491 e. The van der Waals surface area contributed by atoms with Gasteiger partial charge in [0.2, 0.25) is 5.91 Å². The molecule has 0 saturated carbocycles. The Kier molecular flexibility index (Phi) is 9.71. The lowest BCUT2D eigenvalue weighted by Gasteiger charge is -2.15. The van der Waals surface area contributed by atoms with Gasteiger partial charge in [-0.1, -0.05) is 32.6 Å². The Balaban J connectivity index is 0.000000383. The zero-order valence-electron chi connectivity index (χ0n) is 21.2. The van der Waals surface area contributed by atoms with Gasteiger partial charge >= 0.3 is 7.12 Å². The zero-order valence-corrected chi connectivity index (χ0v) is 22.2. The van der Waals surface area contributed by atoms with Crippen molar-refractivity contribution in [2.45, 2.75) is 52.2 Å². The predicted molar refractivity (Wildman–Crippen MR) is 144 cm³/mol. The van der Waals surface area contributed by atoms with Crippen LogP contribution >= 0.6 is 0 Å². The average molecular weight is 511 g/mol. The maximum absolute atomic E-state index is 12.1. The lowest BCUT2D eigenvalue weighted by Crippen LogP contribution is -2.27. The number of furan rings is 2. The molecule has 3 N–H and O–H groups in total. The van der Waals surface area contributed by atoms with Crippen molar-refractivity contribution < 1.29 is 28.4 Å². The molecule has 0 aliphatic heterocycles. The van der Waals surface area contributed by atoms with Crippen LogP contribution in [0.5, 0.6) is 0 Å². The number of amides is 1. The van der Waals surface area contributed by atoms with Crippen molar-refractivity contribution >= 4 is 43.3 Å². The molecule has 0 atom stereocenters. The van der Waals surface area contributed by atoms with Gasteiger partial charge in [0.1, 0.15) is 6.73 Å². The molecule has 3 aromatic heterocycles. The van der Waals surface area contributed by atoms with Crippen LogP contribution in [-0.2, 0) is 16.3 Å². The van der Waals surface area contributed by atoms with Gasteiger partial charge in [0.15, 0.2) is 5.82 Å². The van der Waals surface area contributed by atoms with Crippen molar-refractivity contribution in [2.24, 2.45) is 0 Å². The maximum Gasteiger partial charge on any atom is 0.491 e. The third-order valence-electron chi connectivity index (χ3n) is 5.39. The zero-order chi connectivity index (χ0) is 26.1. The Hall–Kier alpha value is -3.12. The van der Waals surface area contributed by atoms with Crippen LogP contribution in [0, 0.1) is 0 Å². The summed E-state index contributed by atoms with van der Waals surface area (Å²) in [6.45, 7) is 10.1. The molecule has 1 amide bonds. The van der Waals surface area contributed by atoms with Crippen LogP contribution in [0.1, 0.15) is 19.8 Å². The summed E-state index contributed by atoms with van der Waals surface area (Å²) in [5, 5.41) is 25.3. The third kappa shape index (κ3) is 7.95. The first-order chi connectivity index (χ1) is 17.2. The van der Waals surface area contributed by atoms with Crippen LogP contribution in [0.2, 0.25) is 25.7 Å². The molecular formula is C25H34BN3O6Si. The molecule has 0 aliphatic rings. The van der Waals surface area contributed by atoms with Crippen molar-refractivity contribution in [1.82, 2.24) is 9.78 Å². The van der Waals surface area contributed by atoms with Crippen molar-refractivity contribution in [3.63, 3.8) is 0 Å². The van der Waals surface area contributed by atoms with Gasteiger partial charge in [0, 0.05) is 37.5 Å². The SMILES string of the molecule is CCCC(=O)Nc1nn(COCC[Si](C)(C)C)c2cc(-c3ccoc3)ccc12.OB(O)c1ccoc1. The average Bonchev–Trinajstić information content (AvgIpc) is 3.58. The Morgan fingerprint density at radius 2 is 1.86 bits per heavy atom. The van der Waals surface area contributed by atoms with E-state index in [1.54, 1.807) is 12.5 Å². The summed E-state index contributed by atoms with van der Waals surface area (Å²) in [6.07, 6.45) is 7.32. The molecule has 4 aromatic rings. The van der Waals surface area contributed by atoms with E-state index in [0.717, 1.165) is 41.1 Å². The van der Waals surface area contributed by atoms with E-state index in [4.69, 9.17) is 19.2 Å². The number of fused-ring (bicyclic) bond motifs is 1. The Bertz CT molecular complexity index is 1220. The van der Waals surface area contributed by atoms with E-state index < -0.39 is 15.2 Å². The van der Waals surface area contributed by atoms with Crippen LogP contribution in [0.25, 0.3) is 22.0 Å². The summed E-state index contributed by atoms with van der Waals surface area (Å²) in [5.74, 6) is 0.564. The summed E-state index contributed by atoms with van der Waals surface area (Å²) < 4.78 is 17.5. The fourth-order valence-electron chi connectivity index (χ4n) is 3.35. The van der Waals surface area contributed by atoms with E-state index >= 15 is 0 Å². The molecule has 0 unspecified atom stereocenters. The van der Waals surface area contributed by atoms with Crippen molar-refractivity contribution in [1.29, 1.82) is 0 Å². The predicted octanol–water partition coefficient (Wildman–Crippen LogP) is 4.31. The van der Waals surface area contributed by atoms with E-state index in [0.29, 0.717) is 24.4 Å². The molecule has 0 aliphatic carbocycles. The van der Waals surface area contributed by atoms with Gasteiger partial charge in [0.05, 0.1) is 30.6 Å². The van der Waals surface area contributed by atoms with Gasteiger partial charge in [-0.2, -0.15) is 5.10 Å². The number of hydrogen-bond acceptors (Lipinski definition) is 7. The molecule has 9 nitrogen and oxygen atoms in total. The molecule has 1 aromatic carbocycles.